The summed E-state index contributed by atoms with van der Waals surface area (Å²) in [6.45, 7) is 9.63. The van der Waals surface area contributed by atoms with Gasteiger partial charge in [0.2, 0.25) is 0 Å². The van der Waals surface area contributed by atoms with E-state index in [-0.39, 0.29) is 5.54 Å². The molecule has 2 N–H and O–H groups in total. The topological polar surface area (TPSA) is 47.7 Å². The van der Waals surface area contributed by atoms with Crippen molar-refractivity contribution in [2.75, 3.05) is 46.6 Å². The van der Waals surface area contributed by atoms with E-state index >= 15 is 0 Å². The average molecular weight is 286 g/mol. The standard InChI is InChI=1S/C16H34N2O2/c1-4-9-18(10-11-20-13-12-19-3)16(14-17)7-5-15(2)6-8-16/h15H,4-14,17H2,1-3H3. The van der Waals surface area contributed by atoms with Gasteiger partial charge in [-0.2, -0.15) is 0 Å². The maximum absolute atomic E-state index is 6.16. The highest BCUT2D eigenvalue weighted by Crippen LogP contribution is 2.35. The molecule has 1 aliphatic rings. The first-order chi connectivity index (χ1) is 9.68. The van der Waals surface area contributed by atoms with E-state index in [4.69, 9.17) is 15.2 Å². The number of rotatable bonds is 10. The van der Waals surface area contributed by atoms with Crippen molar-refractivity contribution in [3.8, 4) is 0 Å². The van der Waals surface area contributed by atoms with E-state index in [1.807, 2.05) is 0 Å². The Kier molecular flexibility index (Phi) is 8.69. The number of ether oxygens (including phenoxy) is 2. The number of nitrogens with two attached hydrogens (primary N) is 1. The Morgan fingerprint density at radius 2 is 1.85 bits per heavy atom. The molecule has 0 bridgehead atoms. The second-order valence-corrected chi connectivity index (χ2v) is 6.20. The minimum atomic E-state index is 0.215. The summed E-state index contributed by atoms with van der Waals surface area (Å²) in [5.74, 6) is 0.858. The molecule has 0 spiro atoms. The van der Waals surface area contributed by atoms with Gasteiger partial charge in [-0.3, -0.25) is 4.90 Å². The summed E-state index contributed by atoms with van der Waals surface area (Å²) in [6, 6.07) is 0. The molecular weight excluding hydrogens is 252 g/mol. The smallest absolute Gasteiger partial charge is 0.0700 e. The van der Waals surface area contributed by atoms with Crippen molar-refractivity contribution < 1.29 is 9.47 Å². The van der Waals surface area contributed by atoms with Crippen LogP contribution in [0.2, 0.25) is 0 Å². The molecule has 4 heteroatoms. The molecule has 1 fully saturated rings. The molecule has 0 amide bonds. The lowest BCUT2D eigenvalue weighted by Gasteiger charge is -2.47. The number of hydrogen-bond acceptors (Lipinski definition) is 4. The van der Waals surface area contributed by atoms with Gasteiger partial charge in [-0.1, -0.05) is 13.8 Å². The van der Waals surface area contributed by atoms with Crippen LogP contribution in [0.25, 0.3) is 0 Å². The predicted octanol–water partition coefficient (Wildman–Crippen LogP) is 2.27. The average Bonchev–Trinajstić information content (AvgIpc) is 2.47. The van der Waals surface area contributed by atoms with Crippen molar-refractivity contribution >= 4 is 0 Å². The van der Waals surface area contributed by atoms with Crippen LogP contribution in [0.1, 0.15) is 46.0 Å². The van der Waals surface area contributed by atoms with Crippen molar-refractivity contribution in [3.63, 3.8) is 0 Å². The Morgan fingerprint density at radius 3 is 2.40 bits per heavy atom. The van der Waals surface area contributed by atoms with E-state index in [0.717, 1.165) is 32.2 Å². The molecule has 0 aromatic heterocycles. The molecule has 0 heterocycles. The molecule has 0 saturated heterocycles. The molecular formula is C16H34N2O2. The maximum Gasteiger partial charge on any atom is 0.0700 e. The van der Waals surface area contributed by atoms with Gasteiger partial charge in [0.25, 0.3) is 0 Å². The first kappa shape index (κ1) is 17.9. The fourth-order valence-electron chi connectivity index (χ4n) is 3.22. The summed E-state index contributed by atoms with van der Waals surface area (Å²) in [4.78, 5) is 2.59. The zero-order chi connectivity index (χ0) is 14.8. The molecule has 0 aromatic carbocycles. The highest BCUT2D eigenvalue weighted by atomic mass is 16.5. The minimum Gasteiger partial charge on any atom is -0.382 e. The van der Waals surface area contributed by atoms with Gasteiger partial charge >= 0.3 is 0 Å². The fourth-order valence-corrected chi connectivity index (χ4v) is 3.22. The summed E-state index contributed by atoms with van der Waals surface area (Å²) >= 11 is 0. The van der Waals surface area contributed by atoms with Crippen LogP contribution in [-0.2, 0) is 9.47 Å². The number of hydrogen-bond donors (Lipinski definition) is 1. The van der Waals surface area contributed by atoms with Crippen molar-refractivity contribution in [1.82, 2.24) is 4.90 Å². The molecule has 1 saturated carbocycles. The first-order valence-corrected chi connectivity index (χ1v) is 8.20. The van der Waals surface area contributed by atoms with Crippen LogP contribution in [-0.4, -0.2) is 57.0 Å². The maximum atomic E-state index is 6.16. The summed E-state index contributed by atoms with van der Waals surface area (Å²) in [5, 5.41) is 0. The fraction of sp³-hybridized carbons (Fsp3) is 1.00. The van der Waals surface area contributed by atoms with Crippen molar-refractivity contribution in [2.45, 2.75) is 51.5 Å². The lowest BCUT2D eigenvalue weighted by Crippen LogP contribution is -2.56. The summed E-state index contributed by atoms with van der Waals surface area (Å²) in [7, 11) is 1.71. The van der Waals surface area contributed by atoms with Crippen molar-refractivity contribution in [3.05, 3.63) is 0 Å². The van der Waals surface area contributed by atoms with E-state index in [1.54, 1.807) is 7.11 Å². The second-order valence-electron chi connectivity index (χ2n) is 6.20. The van der Waals surface area contributed by atoms with Gasteiger partial charge in [0.05, 0.1) is 19.8 Å². The molecule has 0 radical (unpaired) electrons. The molecule has 0 atom stereocenters. The minimum absolute atomic E-state index is 0.215. The normalized spacial score (nSPS) is 27.1. The summed E-state index contributed by atoms with van der Waals surface area (Å²) in [6.07, 6.45) is 6.27. The largest absolute Gasteiger partial charge is 0.382 e. The second kappa shape index (κ2) is 9.72. The quantitative estimate of drug-likeness (QED) is 0.626. The molecule has 0 unspecified atom stereocenters. The Hall–Kier alpha value is -0.160. The Morgan fingerprint density at radius 1 is 1.15 bits per heavy atom. The van der Waals surface area contributed by atoms with Crippen LogP contribution in [0.15, 0.2) is 0 Å². The molecule has 20 heavy (non-hydrogen) atoms. The van der Waals surface area contributed by atoms with Gasteiger partial charge in [0.1, 0.15) is 0 Å². The third kappa shape index (κ3) is 5.32. The van der Waals surface area contributed by atoms with Crippen molar-refractivity contribution in [1.29, 1.82) is 0 Å². The zero-order valence-corrected chi connectivity index (χ0v) is 13.7. The van der Waals surface area contributed by atoms with Crippen LogP contribution in [0.4, 0.5) is 0 Å². The highest BCUT2D eigenvalue weighted by Gasteiger charge is 2.37. The van der Waals surface area contributed by atoms with Gasteiger partial charge in [-0.05, 0) is 44.6 Å². The van der Waals surface area contributed by atoms with Crippen LogP contribution in [0.3, 0.4) is 0 Å². The van der Waals surface area contributed by atoms with Gasteiger partial charge < -0.3 is 15.2 Å². The van der Waals surface area contributed by atoms with E-state index in [0.29, 0.717) is 13.2 Å². The first-order valence-electron chi connectivity index (χ1n) is 8.20. The van der Waals surface area contributed by atoms with E-state index in [9.17, 15) is 0 Å². The highest BCUT2D eigenvalue weighted by molar-refractivity contribution is 4.95. The van der Waals surface area contributed by atoms with Crippen LogP contribution >= 0.6 is 0 Å². The zero-order valence-electron chi connectivity index (χ0n) is 13.7. The molecule has 1 aliphatic carbocycles. The van der Waals surface area contributed by atoms with Crippen LogP contribution in [0.5, 0.6) is 0 Å². The van der Waals surface area contributed by atoms with Crippen LogP contribution < -0.4 is 5.73 Å². The van der Waals surface area contributed by atoms with E-state index < -0.39 is 0 Å². The van der Waals surface area contributed by atoms with Gasteiger partial charge in [0.15, 0.2) is 0 Å². The van der Waals surface area contributed by atoms with Gasteiger partial charge in [-0.25, -0.2) is 0 Å². The monoisotopic (exact) mass is 286 g/mol. The lowest BCUT2D eigenvalue weighted by molar-refractivity contribution is 0.00609. The Balaban J connectivity index is 2.48. The molecule has 120 valence electrons. The third-order valence-electron chi connectivity index (χ3n) is 4.69. The number of nitrogens with zero attached hydrogens (tertiary/aromatic N) is 1. The van der Waals surface area contributed by atoms with Gasteiger partial charge in [-0.15, -0.1) is 0 Å². The third-order valence-corrected chi connectivity index (χ3v) is 4.69. The molecule has 4 nitrogen and oxygen atoms in total. The lowest BCUT2D eigenvalue weighted by atomic mass is 9.76. The summed E-state index contributed by atoms with van der Waals surface area (Å²) in [5.41, 5.74) is 6.38. The van der Waals surface area contributed by atoms with Crippen molar-refractivity contribution in [2.24, 2.45) is 11.7 Å². The van der Waals surface area contributed by atoms with Gasteiger partial charge in [0, 0.05) is 25.7 Å². The SMILES string of the molecule is CCCN(CCOCCOC)C1(CN)CCC(C)CC1. The molecule has 0 aliphatic heterocycles. The van der Waals surface area contributed by atoms with E-state index in [2.05, 4.69) is 18.7 Å². The predicted molar refractivity (Wildman–Crippen MR) is 84.0 cm³/mol. The Bertz CT molecular complexity index is 241. The van der Waals surface area contributed by atoms with E-state index in [1.165, 1.54) is 32.1 Å². The molecule has 0 aromatic rings. The molecule has 1 rings (SSSR count). The Labute approximate surface area is 125 Å². The summed E-state index contributed by atoms with van der Waals surface area (Å²) < 4.78 is 10.7. The van der Waals surface area contributed by atoms with Crippen LogP contribution in [0, 0.1) is 5.92 Å². The number of methoxy groups -OCH3 is 1.